The summed E-state index contributed by atoms with van der Waals surface area (Å²) in [4.78, 5) is 18.3. The smallest absolute Gasteiger partial charge is 0.356 e. The second-order valence-electron chi connectivity index (χ2n) is 4.36. The Bertz CT molecular complexity index is 814. The molecule has 3 aromatic rings. The van der Waals surface area contributed by atoms with Crippen LogP contribution in [0.2, 0.25) is 0 Å². The van der Waals surface area contributed by atoms with Gasteiger partial charge in [0.1, 0.15) is 6.33 Å². The maximum Gasteiger partial charge on any atom is 0.356 e. The van der Waals surface area contributed by atoms with Crippen LogP contribution in [0, 0.1) is 5.95 Å². The van der Waals surface area contributed by atoms with Gasteiger partial charge in [-0.2, -0.15) is 4.39 Å². The zero-order valence-electron chi connectivity index (χ0n) is 10.8. The molecule has 2 heterocycles. The van der Waals surface area contributed by atoms with Crippen molar-refractivity contribution in [2.75, 3.05) is 0 Å². The Kier molecular flexibility index (Phi) is 3.19. The number of pyridine rings is 1. The third kappa shape index (κ3) is 2.51. The van der Waals surface area contributed by atoms with Gasteiger partial charge in [-0.3, -0.25) is 0 Å². The number of carbonyl (C=O) groups is 1. The van der Waals surface area contributed by atoms with Crippen LogP contribution in [0.1, 0.15) is 10.5 Å². The quantitative estimate of drug-likeness (QED) is 0.750. The number of aromatic nitrogens is 3. The lowest BCUT2D eigenvalue weighted by molar-refractivity contribution is 0.0691. The van der Waals surface area contributed by atoms with Gasteiger partial charge in [0.15, 0.2) is 5.69 Å². The average Bonchev–Trinajstić information content (AvgIpc) is 2.98. The number of nitrogens with zero attached hydrogens (tertiary/aromatic N) is 3. The van der Waals surface area contributed by atoms with Crippen molar-refractivity contribution in [1.29, 1.82) is 0 Å². The van der Waals surface area contributed by atoms with Crippen LogP contribution in [0.15, 0.2) is 55.1 Å². The zero-order chi connectivity index (χ0) is 14.8. The van der Waals surface area contributed by atoms with Crippen LogP contribution in [0.4, 0.5) is 4.39 Å². The first-order valence-corrected chi connectivity index (χ1v) is 6.14. The van der Waals surface area contributed by atoms with Gasteiger partial charge in [-0.15, -0.1) is 0 Å². The number of carboxylic acids is 1. The number of imidazole rings is 1. The number of rotatable bonds is 3. The van der Waals surface area contributed by atoms with Crippen molar-refractivity contribution in [1.82, 2.24) is 14.5 Å². The largest absolute Gasteiger partial charge is 0.476 e. The normalized spacial score (nSPS) is 10.5. The lowest BCUT2D eigenvalue weighted by atomic mass is 10.1. The minimum absolute atomic E-state index is 0.0482. The number of halogens is 1. The fourth-order valence-corrected chi connectivity index (χ4v) is 2.01. The van der Waals surface area contributed by atoms with E-state index in [1.807, 2.05) is 0 Å². The molecular formula is C15H10FN3O2. The summed E-state index contributed by atoms with van der Waals surface area (Å²) in [6, 6.07) is 10.3. The molecule has 0 spiro atoms. The highest BCUT2D eigenvalue weighted by Crippen LogP contribution is 2.23. The van der Waals surface area contributed by atoms with Gasteiger partial charge in [-0.05, 0) is 29.8 Å². The van der Waals surface area contributed by atoms with Gasteiger partial charge in [0, 0.05) is 23.6 Å². The van der Waals surface area contributed by atoms with E-state index < -0.39 is 11.9 Å². The molecule has 3 rings (SSSR count). The highest BCUT2D eigenvalue weighted by molar-refractivity contribution is 5.85. The molecule has 0 radical (unpaired) electrons. The molecule has 0 unspecified atom stereocenters. The van der Waals surface area contributed by atoms with E-state index in [0.717, 1.165) is 0 Å². The first kappa shape index (κ1) is 13.0. The van der Waals surface area contributed by atoms with Crippen LogP contribution < -0.4 is 0 Å². The van der Waals surface area contributed by atoms with Crippen LogP contribution in [-0.2, 0) is 0 Å². The first-order chi connectivity index (χ1) is 10.1. The van der Waals surface area contributed by atoms with Gasteiger partial charge in [-0.1, -0.05) is 12.1 Å². The predicted molar refractivity (Wildman–Crippen MR) is 73.7 cm³/mol. The maximum atomic E-state index is 13.7. The Morgan fingerprint density at radius 3 is 2.76 bits per heavy atom. The minimum atomic E-state index is -1.09. The highest BCUT2D eigenvalue weighted by atomic mass is 19.1. The van der Waals surface area contributed by atoms with E-state index in [0.29, 0.717) is 16.8 Å². The second kappa shape index (κ2) is 5.16. The fourth-order valence-electron chi connectivity index (χ4n) is 2.01. The summed E-state index contributed by atoms with van der Waals surface area (Å²) in [5.74, 6) is -1.64. The van der Waals surface area contributed by atoms with Gasteiger partial charge < -0.3 is 9.67 Å². The summed E-state index contributed by atoms with van der Waals surface area (Å²) in [7, 11) is 0. The second-order valence-corrected chi connectivity index (χ2v) is 4.36. The van der Waals surface area contributed by atoms with E-state index in [9.17, 15) is 9.18 Å². The Balaban J connectivity index is 2.04. The van der Waals surface area contributed by atoms with E-state index in [4.69, 9.17) is 5.11 Å². The molecule has 0 amide bonds. The van der Waals surface area contributed by atoms with Gasteiger partial charge in [0.25, 0.3) is 0 Å². The lowest BCUT2D eigenvalue weighted by Crippen LogP contribution is -1.96. The molecule has 1 N–H and O–H groups in total. The third-order valence-electron chi connectivity index (χ3n) is 3.02. The minimum Gasteiger partial charge on any atom is -0.476 e. The van der Waals surface area contributed by atoms with Crippen molar-refractivity contribution in [3.05, 3.63) is 66.8 Å². The van der Waals surface area contributed by atoms with Gasteiger partial charge in [0.05, 0.1) is 0 Å². The first-order valence-electron chi connectivity index (χ1n) is 6.14. The molecule has 6 heteroatoms. The molecule has 0 aliphatic heterocycles. The molecule has 21 heavy (non-hydrogen) atoms. The number of aromatic carboxylic acids is 1. The molecule has 0 aliphatic rings. The van der Waals surface area contributed by atoms with Crippen molar-refractivity contribution >= 4 is 5.97 Å². The van der Waals surface area contributed by atoms with Crippen molar-refractivity contribution < 1.29 is 14.3 Å². The summed E-state index contributed by atoms with van der Waals surface area (Å²) in [5, 5.41) is 8.88. The lowest BCUT2D eigenvalue weighted by Gasteiger charge is -2.06. The Morgan fingerprint density at radius 1 is 1.19 bits per heavy atom. The van der Waals surface area contributed by atoms with Crippen LogP contribution in [0.5, 0.6) is 0 Å². The molecule has 104 valence electrons. The molecule has 0 saturated carbocycles. The third-order valence-corrected chi connectivity index (χ3v) is 3.02. The number of hydrogen-bond donors (Lipinski definition) is 1. The van der Waals surface area contributed by atoms with E-state index in [1.54, 1.807) is 41.0 Å². The monoisotopic (exact) mass is 283 g/mol. The van der Waals surface area contributed by atoms with E-state index in [2.05, 4.69) is 9.97 Å². The summed E-state index contributed by atoms with van der Waals surface area (Å²) in [6.45, 7) is 0. The molecule has 0 saturated heterocycles. The molecule has 1 aromatic carbocycles. The average molecular weight is 283 g/mol. The van der Waals surface area contributed by atoms with Crippen molar-refractivity contribution in [2.24, 2.45) is 0 Å². The van der Waals surface area contributed by atoms with Crippen molar-refractivity contribution in [3.63, 3.8) is 0 Å². The standard InChI is InChI=1S/C15H10FN3O2/c16-14-12(5-2-6-17-14)10-3-1-4-11(7-10)19-8-13(15(20)21)18-9-19/h1-9H,(H,20,21). The topological polar surface area (TPSA) is 68.0 Å². The molecular weight excluding hydrogens is 273 g/mol. The summed E-state index contributed by atoms with van der Waals surface area (Å²) < 4.78 is 15.3. The molecule has 0 bridgehead atoms. The summed E-state index contributed by atoms with van der Waals surface area (Å²) in [5.41, 5.74) is 1.69. The summed E-state index contributed by atoms with van der Waals surface area (Å²) >= 11 is 0. The van der Waals surface area contributed by atoms with E-state index in [-0.39, 0.29) is 5.69 Å². The number of carboxylic acid groups (broad SMARTS) is 1. The molecule has 0 atom stereocenters. The Labute approximate surface area is 119 Å². The molecule has 0 fully saturated rings. The molecule has 5 nitrogen and oxygen atoms in total. The van der Waals surface area contributed by atoms with Gasteiger partial charge >= 0.3 is 5.97 Å². The van der Waals surface area contributed by atoms with Gasteiger partial charge in [0.2, 0.25) is 5.95 Å². The summed E-state index contributed by atoms with van der Waals surface area (Å²) in [6.07, 6.45) is 4.20. The van der Waals surface area contributed by atoms with Crippen molar-refractivity contribution in [3.8, 4) is 16.8 Å². The molecule has 0 aliphatic carbocycles. The van der Waals surface area contributed by atoms with Crippen LogP contribution in [0.3, 0.4) is 0 Å². The maximum absolute atomic E-state index is 13.7. The predicted octanol–water partition coefficient (Wildman–Crippen LogP) is 2.77. The molecule has 2 aromatic heterocycles. The van der Waals surface area contributed by atoms with E-state index in [1.165, 1.54) is 18.7 Å². The number of hydrogen-bond acceptors (Lipinski definition) is 3. The SMILES string of the molecule is O=C(O)c1cn(-c2cccc(-c3cccnc3F)c2)cn1. The Hall–Kier alpha value is -3.02. The zero-order valence-corrected chi connectivity index (χ0v) is 10.8. The van der Waals surface area contributed by atoms with Gasteiger partial charge in [-0.25, -0.2) is 14.8 Å². The van der Waals surface area contributed by atoms with Crippen LogP contribution in [-0.4, -0.2) is 25.6 Å². The van der Waals surface area contributed by atoms with E-state index >= 15 is 0 Å². The van der Waals surface area contributed by atoms with Crippen LogP contribution in [0.25, 0.3) is 16.8 Å². The van der Waals surface area contributed by atoms with Crippen LogP contribution >= 0.6 is 0 Å². The Morgan fingerprint density at radius 2 is 2.05 bits per heavy atom. The highest BCUT2D eigenvalue weighted by Gasteiger charge is 2.09. The fraction of sp³-hybridized carbons (Fsp3) is 0. The number of benzene rings is 1. The van der Waals surface area contributed by atoms with Crippen molar-refractivity contribution in [2.45, 2.75) is 0 Å².